The predicted octanol–water partition coefficient (Wildman–Crippen LogP) is 0.117. The van der Waals surface area contributed by atoms with Crippen molar-refractivity contribution in [2.24, 2.45) is 0 Å². The van der Waals surface area contributed by atoms with Crippen molar-refractivity contribution in [1.82, 2.24) is 4.90 Å². The van der Waals surface area contributed by atoms with Crippen LogP contribution in [-0.2, 0) is 9.39 Å². The molecule has 0 aromatic carbocycles. The second-order valence-corrected chi connectivity index (χ2v) is 5.71. The van der Waals surface area contributed by atoms with E-state index in [1.807, 2.05) is 0 Å². The van der Waals surface area contributed by atoms with Crippen molar-refractivity contribution >= 4 is 13.4 Å². The van der Waals surface area contributed by atoms with E-state index >= 15 is 0 Å². The monoisotopic (exact) mass is 272 g/mol. The number of nitrogens with zero attached hydrogens (tertiary/aromatic N) is 1. The summed E-state index contributed by atoms with van der Waals surface area (Å²) >= 11 is 0. The minimum atomic E-state index is -1.10. The summed E-state index contributed by atoms with van der Waals surface area (Å²) in [7, 11) is 0.794. The number of aliphatic hydroxyl groups is 2. The molecule has 3 N–H and O–H groups in total. The number of ether oxygens (including phenoxy) is 1. The zero-order chi connectivity index (χ0) is 14.7. The van der Waals surface area contributed by atoms with E-state index in [1.54, 1.807) is 20.8 Å². The van der Waals surface area contributed by atoms with Crippen molar-refractivity contribution in [3.05, 3.63) is 0 Å². The Balaban J connectivity index is 2.88. The first-order chi connectivity index (χ1) is 8.78. The number of amides is 1. The zero-order valence-corrected chi connectivity index (χ0v) is 11.5. The number of carbonyl (C=O) groups is 1. The summed E-state index contributed by atoms with van der Waals surface area (Å²) in [6, 6.07) is 0. The fourth-order valence-electron chi connectivity index (χ4n) is 2.12. The molecule has 19 heavy (non-hydrogen) atoms. The Hall–Kier alpha value is -1.15. The summed E-state index contributed by atoms with van der Waals surface area (Å²) in [6.45, 7) is 4.62. The number of rotatable bonds is 4. The van der Waals surface area contributed by atoms with Crippen molar-refractivity contribution in [1.29, 1.82) is 5.31 Å². The molecule has 1 amide bonds. The van der Waals surface area contributed by atoms with E-state index in [0.717, 1.165) is 7.27 Å². The van der Waals surface area contributed by atoms with E-state index in [-0.39, 0.29) is 26.2 Å². The van der Waals surface area contributed by atoms with Gasteiger partial charge in [0.1, 0.15) is 0 Å². The van der Waals surface area contributed by atoms with Gasteiger partial charge in [-0.05, 0) is 0 Å². The van der Waals surface area contributed by atoms with Gasteiger partial charge < -0.3 is 0 Å². The van der Waals surface area contributed by atoms with Gasteiger partial charge in [0.05, 0.1) is 0 Å². The van der Waals surface area contributed by atoms with E-state index in [1.165, 1.54) is 4.90 Å². The molecule has 0 aromatic heterocycles. The van der Waals surface area contributed by atoms with Crippen LogP contribution in [0.15, 0.2) is 0 Å². The first kappa shape index (κ1) is 15.9. The molecule has 1 atom stereocenters. The topological polar surface area (TPSA) is 103 Å². The number of hydrogen-bond acceptors (Lipinski definition) is 6. The molecule has 0 saturated carbocycles. The zero-order valence-electron chi connectivity index (χ0n) is 11.5. The second kappa shape index (κ2) is 5.87. The Morgan fingerprint density at radius 3 is 2.47 bits per heavy atom. The third-order valence-electron chi connectivity index (χ3n) is 3.03. The van der Waals surface area contributed by atoms with Crippen molar-refractivity contribution in [3.8, 4) is 0 Å². The second-order valence-electron chi connectivity index (χ2n) is 5.71. The third kappa shape index (κ3) is 3.67. The summed E-state index contributed by atoms with van der Waals surface area (Å²) in [5.74, 6) is 0. The Bertz CT molecular complexity index is 340. The molecule has 1 heterocycles. The molecule has 1 fully saturated rings. The van der Waals surface area contributed by atoms with Crippen molar-refractivity contribution in [2.45, 2.75) is 44.4 Å². The Labute approximate surface area is 113 Å². The number of aliphatic hydroxyl groups excluding tert-OH is 2. The Morgan fingerprint density at radius 1 is 1.47 bits per heavy atom. The molecule has 108 valence electrons. The van der Waals surface area contributed by atoms with Gasteiger partial charge in [-0.25, -0.2) is 0 Å². The van der Waals surface area contributed by atoms with Crippen LogP contribution in [-0.4, -0.2) is 65.5 Å². The fourth-order valence-corrected chi connectivity index (χ4v) is 2.12. The van der Waals surface area contributed by atoms with Gasteiger partial charge in [0.2, 0.25) is 0 Å². The summed E-state index contributed by atoms with van der Waals surface area (Å²) in [5.41, 5.74) is -1.76. The molecule has 8 heteroatoms. The molecule has 0 spiro atoms. The Kier molecular flexibility index (Phi) is 4.92. The van der Waals surface area contributed by atoms with Crippen molar-refractivity contribution in [3.63, 3.8) is 0 Å². The van der Waals surface area contributed by atoms with Crippen LogP contribution >= 0.6 is 0 Å². The van der Waals surface area contributed by atoms with Crippen LogP contribution < -0.4 is 0 Å². The quantitative estimate of drug-likeness (QED) is 0.630. The van der Waals surface area contributed by atoms with E-state index < -0.39 is 23.3 Å². The molecule has 1 rings (SSSR count). The van der Waals surface area contributed by atoms with Crippen LogP contribution in [0, 0.1) is 5.31 Å². The van der Waals surface area contributed by atoms with E-state index in [9.17, 15) is 15.0 Å². The number of nitrogens with one attached hydrogen (secondary N) is 1. The van der Waals surface area contributed by atoms with Gasteiger partial charge in [0.15, 0.2) is 0 Å². The fraction of sp³-hybridized carbons (Fsp3) is 0.909. The van der Waals surface area contributed by atoms with Gasteiger partial charge in [0.25, 0.3) is 0 Å². The average molecular weight is 272 g/mol. The average Bonchev–Trinajstić information content (AvgIpc) is 2.67. The van der Waals surface area contributed by atoms with E-state index in [0.29, 0.717) is 0 Å². The summed E-state index contributed by atoms with van der Waals surface area (Å²) in [4.78, 5) is 13.4. The van der Waals surface area contributed by atoms with Gasteiger partial charge in [-0.1, -0.05) is 0 Å². The number of likely N-dealkylation sites (tertiary alicyclic amines) is 1. The van der Waals surface area contributed by atoms with E-state index in [4.69, 9.17) is 14.7 Å². The van der Waals surface area contributed by atoms with Crippen LogP contribution in [0.5, 0.6) is 0 Å². The summed E-state index contributed by atoms with van der Waals surface area (Å²) in [6.07, 6.45) is -0.773. The molecule has 0 bridgehead atoms. The van der Waals surface area contributed by atoms with Crippen LogP contribution in [0.25, 0.3) is 0 Å². The molecular weight excluding hydrogens is 251 g/mol. The molecule has 0 aliphatic carbocycles. The van der Waals surface area contributed by atoms with E-state index in [2.05, 4.69) is 0 Å². The van der Waals surface area contributed by atoms with Crippen LogP contribution in [0.1, 0.15) is 27.2 Å². The van der Waals surface area contributed by atoms with Crippen LogP contribution in [0.3, 0.4) is 0 Å². The van der Waals surface area contributed by atoms with Gasteiger partial charge in [-0.15, -0.1) is 0 Å². The van der Waals surface area contributed by atoms with Gasteiger partial charge >= 0.3 is 112 Å². The molecule has 1 aliphatic rings. The first-order valence-electron chi connectivity index (χ1n) is 6.15. The molecule has 0 radical (unpaired) electrons. The molecule has 0 unspecified atom stereocenters. The minimum absolute atomic E-state index is 0.172. The van der Waals surface area contributed by atoms with Crippen LogP contribution in [0.4, 0.5) is 4.79 Å². The van der Waals surface area contributed by atoms with Crippen LogP contribution in [0.2, 0.25) is 0 Å². The van der Waals surface area contributed by atoms with Gasteiger partial charge in [0, 0.05) is 0 Å². The Morgan fingerprint density at radius 2 is 2.05 bits per heavy atom. The summed E-state index contributed by atoms with van der Waals surface area (Å²) in [5, 5.41) is 25.9. The number of carbonyl (C=O) groups excluding carboxylic acids is 1. The maximum absolute atomic E-state index is 12.1. The van der Waals surface area contributed by atoms with Gasteiger partial charge in [-0.3, -0.25) is 0 Å². The standard InChI is InChI=1S/C11H21BN2O5/c1-10(2,3)18-9(17)14-5-8(19-12-13)4-11(14,6-15)7-16/h8,13,15-16H,4-7H2,1-3H3/t8-/m0/s1. The predicted molar refractivity (Wildman–Crippen MR) is 67.8 cm³/mol. The molecule has 1 aliphatic heterocycles. The molecular formula is C11H21BN2O5. The molecule has 1 saturated heterocycles. The number of hydrogen-bond donors (Lipinski definition) is 3. The maximum atomic E-state index is 12.1. The summed E-state index contributed by atoms with van der Waals surface area (Å²) < 4.78 is 10.3. The first-order valence-corrected chi connectivity index (χ1v) is 6.15. The molecule has 0 aromatic rings. The third-order valence-corrected chi connectivity index (χ3v) is 3.03. The SMILES string of the molecule is CC(C)(C)OC(=O)N1C[C@@H](OB=N)CC1(CO)CO. The normalized spacial score (nSPS) is 21.9. The van der Waals surface area contributed by atoms with Crippen molar-refractivity contribution < 1.29 is 24.4 Å². The molecule has 7 nitrogen and oxygen atoms in total. The van der Waals surface area contributed by atoms with Crippen molar-refractivity contribution in [2.75, 3.05) is 19.8 Å². The van der Waals surface area contributed by atoms with Gasteiger partial charge in [-0.2, -0.15) is 0 Å².